The summed E-state index contributed by atoms with van der Waals surface area (Å²) < 4.78 is 2.39. The largest absolute Gasteiger partial charge is 0.310 e. The molecule has 0 aliphatic heterocycles. The Hall–Kier alpha value is -6.38. The molecule has 8 aromatic carbocycles. The second-order valence-electron chi connectivity index (χ2n) is 12.2. The third-order valence-electron chi connectivity index (χ3n) is 9.35. The molecule has 0 aliphatic rings. The van der Waals surface area contributed by atoms with Gasteiger partial charge in [-0.25, -0.2) is 0 Å². The molecule has 2 heteroatoms. The third kappa shape index (κ3) is 4.83. The van der Waals surface area contributed by atoms with Gasteiger partial charge >= 0.3 is 0 Å². The lowest BCUT2D eigenvalue weighted by atomic mass is 9.99. The van der Waals surface area contributed by atoms with Crippen molar-refractivity contribution >= 4 is 49.6 Å². The maximum Gasteiger partial charge on any atom is 0.0561 e. The van der Waals surface area contributed by atoms with Crippen LogP contribution < -0.4 is 4.90 Å². The summed E-state index contributed by atoms with van der Waals surface area (Å²) in [5.41, 5.74) is 11.6. The first-order valence-electron chi connectivity index (χ1n) is 16.4. The van der Waals surface area contributed by atoms with Crippen molar-refractivity contribution in [3.05, 3.63) is 194 Å². The summed E-state index contributed by atoms with van der Waals surface area (Å²) in [7, 11) is 0. The zero-order valence-corrected chi connectivity index (χ0v) is 26.4. The van der Waals surface area contributed by atoms with Gasteiger partial charge in [0, 0.05) is 33.4 Å². The van der Waals surface area contributed by atoms with E-state index in [9.17, 15) is 0 Å². The number of nitrogens with zero attached hydrogens (tertiary/aromatic N) is 2. The zero-order chi connectivity index (χ0) is 31.9. The minimum absolute atomic E-state index is 1.10. The van der Waals surface area contributed by atoms with Gasteiger partial charge in [0.25, 0.3) is 0 Å². The molecule has 0 spiro atoms. The normalized spacial score (nSPS) is 11.3. The van der Waals surface area contributed by atoms with Crippen molar-refractivity contribution in [3.63, 3.8) is 0 Å². The van der Waals surface area contributed by atoms with Crippen LogP contribution >= 0.6 is 0 Å². The molecule has 1 aromatic heterocycles. The Balaban J connectivity index is 1.29. The molecule has 0 saturated carbocycles. The summed E-state index contributed by atoms with van der Waals surface area (Å²) in [6.07, 6.45) is 0. The van der Waals surface area contributed by atoms with E-state index in [4.69, 9.17) is 0 Å². The van der Waals surface area contributed by atoms with Crippen LogP contribution in [0.2, 0.25) is 0 Å². The number of rotatable bonds is 6. The van der Waals surface area contributed by atoms with Gasteiger partial charge in [0.2, 0.25) is 0 Å². The van der Waals surface area contributed by atoms with Crippen molar-refractivity contribution in [2.24, 2.45) is 0 Å². The van der Waals surface area contributed by atoms with E-state index in [0.717, 1.165) is 22.7 Å². The van der Waals surface area contributed by atoms with Crippen LogP contribution in [0.4, 0.5) is 17.1 Å². The lowest BCUT2D eigenvalue weighted by Gasteiger charge is -2.28. The number of anilines is 3. The van der Waals surface area contributed by atoms with Crippen molar-refractivity contribution in [1.29, 1.82) is 0 Å². The average molecular weight is 613 g/mol. The fraction of sp³-hybridized carbons (Fsp3) is 0. The number of benzene rings is 8. The van der Waals surface area contributed by atoms with E-state index in [0.29, 0.717) is 0 Å². The predicted molar refractivity (Wildman–Crippen MR) is 204 cm³/mol. The predicted octanol–water partition coefficient (Wildman–Crippen LogP) is 12.7. The Labute approximate surface area is 280 Å². The molecule has 0 aliphatic carbocycles. The first kappa shape index (κ1) is 27.9. The van der Waals surface area contributed by atoms with Gasteiger partial charge in [-0.3, -0.25) is 0 Å². The molecular formula is C46H32N2. The van der Waals surface area contributed by atoms with E-state index < -0.39 is 0 Å². The Morgan fingerprint density at radius 2 is 1.00 bits per heavy atom. The number of aromatic nitrogens is 1. The van der Waals surface area contributed by atoms with Crippen molar-refractivity contribution in [2.45, 2.75) is 0 Å². The van der Waals surface area contributed by atoms with E-state index in [1.54, 1.807) is 0 Å². The fourth-order valence-corrected chi connectivity index (χ4v) is 7.10. The first-order chi connectivity index (χ1) is 23.8. The van der Waals surface area contributed by atoms with Crippen molar-refractivity contribution < 1.29 is 0 Å². The molecule has 1 heterocycles. The molecule has 0 unspecified atom stereocenters. The molecule has 0 bridgehead atoms. The molecular weight excluding hydrogens is 581 g/mol. The molecule has 0 amide bonds. The molecule has 0 atom stereocenters. The highest BCUT2D eigenvalue weighted by Gasteiger charge is 2.20. The Morgan fingerprint density at radius 3 is 1.88 bits per heavy atom. The Morgan fingerprint density at radius 1 is 0.354 bits per heavy atom. The maximum absolute atomic E-state index is 2.42. The van der Waals surface area contributed by atoms with Crippen LogP contribution in [-0.4, -0.2) is 4.57 Å². The molecule has 0 N–H and O–H groups in total. The highest BCUT2D eigenvalue weighted by Crippen LogP contribution is 2.44. The zero-order valence-electron chi connectivity index (χ0n) is 26.4. The molecule has 0 saturated heterocycles. The average Bonchev–Trinajstić information content (AvgIpc) is 3.49. The van der Waals surface area contributed by atoms with Crippen LogP contribution in [0.5, 0.6) is 0 Å². The minimum Gasteiger partial charge on any atom is -0.310 e. The van der Waals surface area contributed by atoms with Gasteiger partial charge in [0.15, 0.2) is 0 Å². The molecule has 9 rings (SSSR count). The lowest BCUT2D eigenvalue weighted by Crippen LogP contribution is -2.11. The second kappa shape index (κ2) is 11.8. The van der Waals surface area contributed by atoms with E-state index >= 15 is 0 Å². The van der Waals surface area contributed by atoms with Crippen molar-refractivity contribution in [3.8, 4) is 27.9 Å². The molecule has 0 radical (unpaired) electrons. The van der Waals surface area contributed by atoms with Gasteiger partial charge in [-0.1, -0.05) is 140 Å². The molecule has 226 valence electrons. The standard InChI is InChI=1S/C46H32N2/c1-3-15-34(16-4-1)41-22-9-11-24-44(41)47(39-21-13-18-36(31-39)37-27-26-33-14-7-8-17-35(33)30-37)40-28-29-43-42-23-10-12-25-45(42)48(46(43)32-40)38-19-5-2-6-20-38/h1-32H. The third-order valence-corrected chi connectivity index (χ3v) is 9.35. The minimum atomic E-state index is 1.10. The monoisotopic (exact) mass is 612 g/mol. The van der Waals surface area contributed by atoms with Crippen LogP contribution in [0, 0.1) is 0 Å². The summed E-state index contributed by atoms with van der Waals surface area (Å²) in [6, 6.07) is 70.0. The van der Waals surface area contributed by atoms with E-state index in [-0.39, 0.29) is 0 Å². The maximum atomic E-state index is 2.42. The molecule has 0 fully saturated rings. The van der Waals surface area contributed by atoms with Gasteiger partial charge < -0.3 is 9.47 Å². The van der Waals surface area contributed by atoms with E-state index in [1.165, 1.54) is 54.8 Å². The summed E-state index contributed by atoms with van der Waals surface area (Å²) in [6.45, 7) is 0. The van der Waals surface area contributed by atoms with Gasteiger partial charge in [-0.15, -0.1) is 0 Å². The topological polar surface area (TPSA) is 8.17 Å². The summed E-state index contributed by atoms with van der Waals surface area (Å²) in [4.78, 5) is 2.42. The Kier molecular flexibility index (Phi) is 6.84. The number of fused-ring (bicyclic) bond motifs is 4. The molecule has 2 nitrogen and oxygen atoms in total. The molecule has 9 aromatic rings. The quantitative estimate of drug-likeness (QED) is 0.181. The van der Waals surface area contributed by atoms with Crippen molar-refractivity contribution in [2.75, 3.05) is 4.90 Å². The van der Waals surface area contributed by atoms with E-state index in [2.05, 4.69) is 204 Å². The highest BCUT2D eigenvalue weighted by atomic mass is 15.1. The van der Waals surface area contributed by atoms with Gasteiger partial charge in [-0.2, -0.15) is 0 Å². The van der Waals surface area contributed by atoms with Crippen LogP contribution in [-0.2, 0) is 0 Å². The summed E-state index contributed by atoms with van der Waals surface area (Å²) >= 11 is 0. The smallest absolute Gasteiger partial charge is 0.0561 e. The summed E-state index contributed by atoms with van der Waals surface area (Å²) in [5.74, 6) is 0. The number of hydrogen-bond donors (Lipinski definition) is 0. The van der Waals surface area contributed by atoms with Gasteiger partial charge in [0.05, 0.1) is 16.7 Å². The number of hydrogen-bond acceptors (Lipinski definition) is 1. The van der Waals surface area contributed by atoms with Gasteiger partial charge in [0.1, 0.15) is 0 Å². The highest BCUT2D eigenvalue weighted by molar-refractivity contribution is 6.10. The Bertz CT molecular complexity index is 2560. The van der Waals surface area contributed by atoms with Crippen LogP contribution in [0.3, 0.4) is 0 Å². The first-order valence-corrected chi connectivity index (χ1v) is 16.4. The van der Waals surface area contributed by atoms with E-state index in [1.807, 2.05) is 0 Å². The SMILES string of the molecule is c1ccc(-c2ccccc2N(c2cccc(-c3ccc4ccccc4c3)c2)c2ccc3c4ccccc4n(-c4ccccc4)c3c2)cc1. The molecule has 48 heavy (non-hydrogen) atoms. The summed E-state index contributed by atoms with van der Waals surface area (Å²) in [5, 5.41) is 4.97. The number of para-hydroxylation sites is 3. The second-order valence-corrected chi connectivity index (χ2v) is 12.2. The van der Waals surface area contributed by atoms with Crippen LogP contribution in [0.15, 0.2) is 194 Å². The van der Waals surface area contributed by atoms with Crippen LogP contribution in [0.1, 0.15) is 0 Å². The van der Waals surface area contributed by atoms with Crippen LogP contribution in [0.25, 0.3) is 60.5 Å². The van der Waals surface area contributed by atoms with Gasteiger partial charge in [-0.05, 0) is 82.1 Å². The van der Waals surface area contributed by atoms with Crippen molar-refractivity contribution in [1.82, 2.24) is 4.57 Å². The fourth-order valence-electron chi connectivity index (χ4n) is 7.10. The lowest BCUT2D eigenvalue weighted by molar-refractivity contribution is 1.18.